The number of halogens is 3. The third kappa shape index (κ3) is 5.59. The van der Waals surface area contributed by atoms with E-state index in [1.807, 2.05) is 30.3 Å². The van der Waals surface area contributed by atoms with Crippen LogP contribution >= 0.6 is 0 Å². The van der Waals surface area contributed by atoms with E-state index in [1.165, 1.54) is 0 Å². The molecule has 1 aliphatic heterocycles. The minimum absolute atomic E-state index is 0.00740. The molecule has 1 amide bonds. The summed E-state index contributed by atoms with van der Waals surface area (Å²) in [5.41, 5.74) is 2.98. The first-order chi connectivity index (χ1) is 14.8. The molecule has 3 N–H and O–H groups in total. The molecular weight excluding hydrogens is 413 g/mol. The zero-order valence-corrected chi connectivity index (χ0v) is 16.0. The third-order valence-electron chi connectivity index (χ3n) is 4.26. The molecule has 3 aromatic rings. The SMILES string of the molecule is O=C1Cc2ccc(Nc3nc(NCc4ccccc4)nc(OCC(F)(F)F)n3)cc2N1. The number of alkyl halides is 3. The minimum Gasteiger partial charge on any atom is -0.454 e. The number of aromatic nitrogens is 3. The first-order valence-electron chi connectivity index (χ1n) is 9.27. The van der Waals surface area contributed by atoms with Gasteiger partial charge in [-0.3, -0.25) is 4.79 Å². The number of fused-ring (bicyclic) bond motifs is 1. The van der Waals surface area contributed by atoms with Crippen molar-refractivity contribution in [1.29, 1.82) is 0 Å². The lowest BCUT2D eigenvalue weighted by atomic mass is 10.1. The van der Waals surface area contributed by atoms with E-state index in [4.69, 9.17) is 4.74 Å². The summed E-state index contributed by atoms with van der Waals surface area (Å²) < 4.78 is 42.4. The number of anilines is 4. The van der Waals surface area contributed by atoms with Gasteiger partial charge in [-0.2, -0.15) is 28.1 Å². The van der Waals surface area contributed by atoms with E-state index in [-0.39, 0.29) is 17.8 Å². The average molecular weight is 430 g/mol. The molecule has 160 valence electrons. The van der Waals surface area contributed by atoms with Crippen LogP contribution in [0.2, 0.25) is 0 Å². The molecule has 0 bridgehead atoms. The maximum atomic E-state index is 12.6. The molecule has 2 heterocycles. The lowest BCUT2D eigenvalue weighted by Crippen LogP contribution is -2.21. The van der Waals surface area contributed by atoms with Crippen LogP contribution in [0.1, 0.15) is 11.1 Å². The maximum absolute atomic E-state index is 12.6. The molecule has 1 aliphatic rings. The van der Waals surface area contributed by atoms with Gasteiger partial charge in [0.05, 0.1) is 6.42 Å². The van der Waals surface area contributed by atoms with Crippen molar-refractivity contribution in [2.24, 2.45) is 0 Å². The van der Waals surface area contributed by atoms with Gasteiger partial charge in [0.15, 0.2) is 6.61 Å². The first kappa shape index (κ1) is 20.4. The van der Waals surface area contributed by atoms with Gasteiger partial charge in [0, 0.05) is 17.9 Å². The van der Waals surface area contributed by atoms with Gasteiger partial charge in [-0.15, -0.1) is 0 Å². The van der Waals surface area contributed by atoms with Crippen LogP contribution in [0.5, 0.6) is 6.01 Å². The summed E-state index contributed by atoms with van der Waals surface area (Å²) in [5, 5.41) is 8.59. The second kappa shape index (κ2) is 8.46. The monoisotopic (exact) mass is 430 g/mol. The quantitative estimate of drug-likeness (QED) is 0.526. The summed E-state index contributed by atoms with van der Waals surface area (Å²) >= 11 is 0. The summed E-state index contributed by atoms with van der Waals surface area (Å²) in [5.74, 6) is -0.0671. The summed E-state index contributed by atoms with van der Waals surface area (Å²) in [7, 11) is 0. The van der Waals surface area contributed by atoms with Crippen molar-refractivity contribution in [3.63, 3.8) is 0 Å². The van der Waals surface area contributed by atoms with E-state index >= 15 is 0 Å². The molecule has 1 aromatic heterocycles. The van der Waals surface area contributed by atoms with Crippen molar-refractivity contribution in [2.75, 3.05) is 22.6 Å². The maximum Gasteiger partial charge on any atom is 0.422 e. The van der Waals surface area contributed by atoms with Crippen LogP contribution in [0.4, 0.5) is 36.4 Å². The van der Waals surface area contributed by atoms with E-state index in [2.05, 4.69) is 30.9 Å². The highest BCUT2D eigenvalue weighted by molar-refractivity contribution is 5.99. The molecule has 4 rings (SSSR count). The van der Waals surface area contributed by atoms with E-state index in [1.54, 1.807) is 18.2 Å². The van der Waals surface area contributed by atoms with Crippen LogP contribution in [0, 0.1) is 0 Å². The fourth-order valence-electron chi connectivity index (χ4n) is 2.90. The fraction of sp³-hybridized carbons (Fsp3) is 0.200. The van der Waals surface area contributed by atoms with E-state index in [9.17, 15) is 18.0 Å². The number of carbonyl (C=O) groups excluding carboxylic acids is 1. The lowest BCUT2D eigenvalue weighted by Gasteiger charge is -2.12. The summed E-state index contributed by atoms with van der Waals surface area (Å²) in [6, 6.07) is 14.1. The van der Waals surface area contributed by atoms with Crippen LogP contribution in [0.25, 0.3) is 0 Å². The van der Waals surface area contributed by atoms with Crippen molar-refractivity contribution in [3.05, 3.63) is 59.7 Å². The normalized spacial score (nSPS) is 12.8. The van der Waals surface area contributed by atoms with Gasteiger partial charge in [0.2, 0.25) is 17.8 Å². The number of nitrogens with zero attached hydrogens (tertiary/aromatic N) is 3. The molecule has 2 aromatic carbocycles. The molecular formula is C20H17F3N6O2. The highest BCUT2D eigenvalue weighted by Crippen LogP contribution is 2.28. The zero-order chi connectivity index (χ0) is 21.8. The molecule has 31 heavy (non-hydrogen) atoms. The molecule has 0 unspecified atom stereocenters. The van der Waals surface area contributed by atoms with Gasteiger partial charge in [-0.25, -0.2) is 0 Å². The molecule has 0 fully saturated rings. The number of hydrogen-bond acceptors (Lipinski definition) is 7. The number of carbonyl (C=O) groups is 1. The second-order valence-electron chi connectivity index (χ2n) is 6.73. The molecule has 11 heteroatoms. The van der Waals surface area contributed by atoms with E-state index < -0.39 is 18.8 Å². The molecule has 0 radical (unpaired) electrons. The second-order valence-corrected chi connectivity index (χ2v) is 6.73. The van der Waals surface area contributed by atoms with Crippen LogP contribution in [-0.2, 0) is 17.8 Å². The Morgan fingerprint density at radius 3 is 2.58 bits per heavy atom. The van der Waals surface area contributed by atoms with Gasteiger partial charge in [0.1, 0.15) is 0 Å². The molecule has 0 saturated carbocycles. The van der Waals surface area contributed by atoms with Crippen LogP contribution in [0.3, 0.4) is 0 Å². The summed E-state index contributed by atoms with van der Waals surface area (Å²) in [6.07, 6.45) is -4.24. The fourth-order valence-corrected chi connectivity index (χ4v) is 2.90. The van der Waals surface area contributed by atoms with E-state index in [0.29, 0.717) is 24.3 Å². The first-order valence-corrected chi connectivity index (χ1v) is 9.27. The molecule has 0 aliphatic carbocycles. The number of ether oxygens (including phenoxy) is 1. The van der Waals surface area contributed by atoms with Crippen molar-refractivity contribution >= 4 is 29.2 Å². The topological polar surface area (TPSA) is 101 Å². The van der Waals surface area contributed by atoms with E-state index in [0.717, 1.165) is 11.1 Å². The van der Waals surface area contributed by atoms with Crippen molar-refractivity contribution in [1.82, 2.24) is 15.0 Å². The number of rotatable bonds is 7. The predicted molar refractivity (Wildman–Crippen MR) is 107 cm³/mol. The van der Waals surface area contributed by atoms with Gasteiger partial charge in [0.25, 0.3) is 0 Å². The number of nitrogens with one attached hydrogen (secondary N) is 3. The number of amides is 1. The average Bonchev–Trinajstić information content (AvgIpc) is 3.10. The molecule has 8 nitrogen and oxygen atoms in total. The highest BCUT2D eigenvalue weighted by atomic mass is 19.4. The number of benzene rings is 2. The minimum atomic E-state index is -4.53. The Morgan fingerprint density at radius 2 is 1.81 bits per heavy atom. The summed E-state index contributed by atoms with van der Waals surface area (Å²) in [6.45, 7) is -1.17. The Labute approximate surface area is 174 Å². The van der Waals surface area contributed by atoms with Crippen molar-refractivity contribution in [3.8, 4) is 6.01 Å². The van der Waals surface area contributed by atoms with Crippen molar-refractivity contribution in [2.45, 2.75) is 19.1 Å². The number of hydrogen-bond donors (Lipinski definition) is 3. The lowest BCUT2D eigenvalue weighted by molar-refractivity contribution is -0.154. The Morgan fingerprint density at radius 1 is 1.03 bits per heavy atom. The Bertz CT molecular complexity index is 1090. The predicted octanol–water partition coefficient (Wildman–Crippen LogP) is 3.66. The highest BCUT2D eigenvalue weighted by Gasteiger charge is 2.29. The third-order valence-corrected chi connectivity index (χ3v) is 4.26. The van der Waals surface area contributed by atoms with Gasteiger partial charge in [-0.1, -0.05) is 36.4 Å². The standard InChI is InChI=1S/C20H17F3N6O2/c21-20(22,23)11-31-19-28-17(24-10-12-4-2-1-3-5-12)27-18(29-19)25-14-7-6-13-8-16(30)26-15(13)9-14/h1-7,9H,8,10-11H2,(H,26,30)(H2,24,25,27,28,29). The van der Waals surface area contributed by atoms with Crippen LogP contribution in [0.15, 0.2) is 48.5 Å². The molecule has 0 atom stereocenters. The Hall–Kier alpha value is -3.89. The van der Waals surface area contributed by atoms with Gasteiger partial charge in [-0.05, 0) is 23.3 Å². The zero-order valence-electron chi connectivity index (χ0n) is 16.0. The smallest absolute Gasteiger partial charge is 0.422 e. The Balaban J connectivity index is 1.55. The molecule has 0 saturated heterocycles. The molecule has 0 spiro atoms. The van der Waals surface area contributed by atoms with Gasteiger partial charge < -0.3 is 20.7 Å². The van der Waals surface area contributed by atoms with Gasteiger partial charge >= 0.3 is 12.2 Å². The Kier molecular flexibility index (Phi) is 5.56. The van der Waals surface area contributed by atoms with Crippen molar-refractivity contribution < 1.29 is 22.7 Å². The summed E-state index contributed by atoms with van der Waals surface area (Å²) in [4.78, 5) is 23.5. The van der Waals surface area contributed by atoms with Crippen LogP contribution < -0.4 is 20.7 Å². The van der Waals surface area contributed by atoms with Crippen LogP contribution in [-0.4, -0.2) is 33.6 Å². The largest absolute Gasteiger partial charge is 0.454 e.